The van der Waals surface area contributed by atoms with Gasteiger partial charge in [0.1, 0.15) is 4.21 Å². The Morgan fingerprint density at radius 1 is 1.09 bits per heavy atom. The summed E-state index contributed by atoms with van der Waals surface area (Å²) in [6.07, 6.45) is -4.59. The van der Waals surface area contributed by atoms with Crippen LogP contribution in [0, 0.1) is 0 Å². The molecular formula is C22H28F3N3O4S2. The summed E-state index contributed by atoms with van der Waals surface area (Å²) in [6, 6.07) is 8.58. The van der Waals surface area contributed by atoms with E-state index >= 15 is 0 Å². The van der Waals surface area contributed by atoms with Crippen molar-refractivity contribution in [3.63, 3.8) is 0 Å². The van der Waals surface area contributed by atoms with Gasteiger partial charge < -0.3 is 15.1 Å². The molecule has 2 aliphatic heterocycles. The van der Waals surface area contributed by atoms with Crippen molar-refractivity contribution in [2.24, 2.45) is 0 Å². The van der Waals surface area contributed by atoms with Crippen molar-refractivity contribution in [2.75, 3.05) is 44.2 Å². The SMILES string of the molecule is C[C@@](O)(c1ccc(N2CCN(S(=O)(=O)c3cccs3)C[C@@H]2CN2CC[C@@H](O)C2)cc1)C(F)(F)F. The van der Waals surface area contributed by atoms with Crippen molar-refractivity contribution in [2.45, 2.75) is 41.5 Å². The fourth-order valence-electron chi connectivity index (χ4n) is 4.50. The smallest absolute Gasteiger partial charge is 0.392 e. The lowest BCUT2D eigenvalue weighted by molar-refractivity contribution is -0.258. The van der Waals surface area contributed by atoms with E-state index in [4.69, 9.17) is 0 Å². The number of halogens is 3. The summed E-state index contributed by atoms with van der Waals surface area (Å²) in [5.41, 5.74) is -2.58. The fourth-order valence-corrected chi connectivity index (χ4v) is 7.11. The van der Waals surface area contributed by atoms with Gasteiger partial charge in [-0.05, 0) is 42.5 Å². The van der Waals surface area contributed by atoms with Crippen LogP contribution in [0.1, 0.15) is 18.9 Å². The lowest BCUT2D eigenvalue weighted by Crippen LogP contribution is -2.58. The van der Waals surface area contributed by atoms with Gasteiger partial charge in [0.25, 0.3) is 10.0 Å². The Kier molecular flexibility index (Phi) is 7.02. The number of benzene rings is 1. The van der Waals surface area contributed by atoms with Crippen molar-refractivity contribution >= 4 is 27.0 Å². The Morgan fingerprint density at radius 2 is 1.79 bits per heavy atom. The normalized spacial score (nSPS) is 24.9. The molecule has 2 saturated heterocycles. The quantitative estimate of drug-likeness (QED) is 0.610. The van der Waals surface area contributed by atoms with Gasteiger partial charge in [-0.3, -0.25) is 4.90 Å². The summed E-state index contributed by atoms with van der Waals surface area (Å²) >= 11 is 1.16. The van der Waals surface area contributed by atoms with E-state index in [1.165, 1.54) is 28.6 Å². The second-order valence-electron chi connectivity index (χ2n) is 8.96. The zero-order chi connectivity index (χ0) is 24.7. The number of likely N-dealkylation sites (tertiary alicyclic amines) is 1. The second kappa shape index (κ2) is 9.40. The largest absolute Gasteiger partial charge is 0.421 e. The van der Waals surface area contributed by atoms with Gasteiger partial charge >= 0.3 is 6.18 Å². The number of β-amino-alcohol motifs (C(OH)–C–C–N with tert-alkyl or cyclic N) is 1. The zero-order valence-electron chi connectivity index (χ0n) is 18.6. The van der Waals surface area contributed by atoms with Crippen LogP contribution in [-0.2, 0) is 15.6 Å². The number of hydrogen-bond acceptors (Lipinski definition) is 7. The Hall–Kier alpha value is -1.70. The molecule has 2 N–H and O–H groups in total. The molecule has 0 saturated carbocycles. The van der Waals surface area contributed by atoms with E-state index in [1.807, 2.05) is 4.90 Å². The molecular weight excluding hydrogens is 491 g/mol. The molecule has 0 radical (unpaired) electrons. The Morgan fingerprint density at radius 3 is 2.35 bits per heavy atom. The average molecular weight is 520 g/mol. The maximum absolute atomic E-state index is 13.2. The van der Waals surface area contributed by atoms with Crippen LogP contribution in [0.4, 0.5) is 18.9 Å². The molecule has 7 nitrogen and oxygen atoms in total. The number of rotatable bonds is 6. The lowest BCUT2D eigenvalue weighted by atomic mass is 9.95. The van der Waals surface area contributed by atoms with Gasteiger partial charge in [0, 0.05) is 45.0 Å². The third-order valence-electron chi connectivity index (χ3n) is 6.56. The first-order valence-corrected chi connectivity index (χ1v) is 13.3. The van der Waals surface area contributed by atoms with E-state index < -0.39 is 27.9 Å². The molecule has 1 aromatic heterocycles. The lowest BCUT2D eigenvalue weighted by Gasteiger charge is -2.43. The number of sulfonamides is 1. The number of piperazine rings is 1. The summed E-state index contributed by atoms with van der Waals surface area (Å²) in [4.78, 5) is 4.07. The molecule has 34 heavy (non-hydrogen) atoms. The molecule has 188 valence electrons. The molecule has 0 amide bonds. The number of nitrogens with zero attached hydrogens (tertiary/aromatic N) is 3. The summed E-state index contributed by atoms with van der Waals surface area (Å²) in [6.45, 7) is 3.23. The number of alkyl halides is 3. The van der Waals surface area contributed by atoms with Gasteiger partial charge in [0.05, 0.1) is 12.1 Å². The minimum Gasteiger partial charge on any atom is -0.392 e. The molecule has 0 unspecified atom stereocenters. The fraction of sp³-hybridized carbons (Fsp3) is 0.545. The van der Waals surface area contributed by atoms with Crippen LogP contribution in [0.25, 0.3) is 0 Å². The van der Waals surface area contributed by atoms with Crippen LogP contribution >= 0.6 is 11.3 Å². The van der Waals surface area contributed by atoms with Crippen LogP contribution in [0.15, 0.2) is 46.0 Å². The molecule has 12 heteroatoms. The molecule has 4 rings (SSSR count). The van der Waals surface area contributed by atoms with E-state index in [0.29, 0.717) is 38.3 Å². The number of hydrogen-bond donors (Lipinski definition) is 2. The monoisotopic (exact) mass is 519 g/mol. The van der Waals surface area contributed by atoms with Gasteiger partial charge in [0.15, 0.2) is 5.60 Å². The van der Waals surface area contributed by atoms with Crippen molar-refractivity contribution in [3.05, 3.63) is 47.3 Å². The van der Waals surface area contributed by atoms with Crippen LogP contribution in [0.5, 0.6) is 0 Å². The van der Waals surface area contributed by atoms with Crippen LogP contribution < -0.4 is 4.90 Å². The van der Waals surface area contributed by atoms with E-state index in [1.54, 1.807) is 17.5 Å². The summed E-state index contributed by atoms with van der Waals surface area (Å²) in [7, 11) is -3.64. The third kappa shape index (κ3) is 4.98. The molecule has 3 atom stereocenters. The molecule has 0 spiro atoms. The molecule has 3 heterocycles. The van der Waals surface area contributed by atoms with E-state index in [2.05, 4.69) is 4.90 Å². The highest BCUT2D eigenvalue weighted by Gasteiger charge is 2.51. The van der Waals surface area contributed by atoms with Gasteiger partial charge in [0.2, 0.25) is 0 Å². The standard InChI is InChI=1S/C22H28F3N3O4S2/c1-21(30,22(23,24)25)16-4-6-17(7-5-16)28-11-10-27(34(31,32)20-3-2-12-33-20)14-18(28)13-26-9-8-19(29)15-26/h2-7,12,18-19,29-30H,8-11,13-15H2,1H3/t18-,19+,21+/m0/s1. The van der Waals surface area contributed by atoms with Crippen LogP contribution in [0.3, 0.4) is 0 Å². The topological polar surface area (TPSA) is 84.3 Å². The molecule has 0 aliphatic carbocycles. The summed E-state index contributed by atoms with van der Waals surface area (Å²) < 4.78 is 67.6. The van der Waals surface area contributed by atoms with Gasteiger partial charge in [-0.2, -0.15) is 17.5 Å². The molecule has 1 aromatic carbocycles. The average Bonchev–Trinajstić information content (AvgIpc) is 3.45. The Balaban J connectivity index is 1.58. The van der Waals surface area contributed by atoms with Gasteiger partial charge in [-0.1, -0.05) is 18.2 Å². The van der Waals surface area contributed by atoms with E-state index in [-0.39, 0.29) is 28.9 Å². The van der Waals surface area contributed by atoms with E-state index in [9.17, 15) is 31.8 Å². The summed E-state index contributed by atoms with van der Waals surface area (Å²) in [5.74, 6) is 0. The minimum atomic E-state index is -4.81. The first-order valence-electron chi connectivity index (χ1n) is 11.0. The van der Waals surface area contributed by atoms with Crippen molar-refractivity contribution < 1.29 is 31.8 Å². The summed E-state index contributed by atoms with van der Waals surface area (Å²) in [5, 5.41) is 21.6. The first kappa shape index (κ1) is 25.4. The predicted octanol–water partition coefficient (Wildman–Crippen LogP) is 2.46. The second-order valence-corrected chi connectivity index (χ2v) is 12.1. The highest BCUT2D eigenvalue weighted by atomic mass is 32.2. The molecule has 2 fully saturated rings. The Bertz CT molecular complexity index is 1080. The highest BCUT2D eigenvalue weighted by Crippen LogP contribution is 2.39. The molecule has 2 aliphatic rings. The minimum absolute atomic E-state index is 0.217. The maximum atomic E-state index is 13.2. The number of aliphatic hydroxyl groups excluding tert-OH is 1. The maximum Gasteiger partial charge on any atom is 0.421 e. The van der Waals surface area contributed by atoms with Crippen molar-refractivity contribution in [1.82, 2.24) is 9.21 Å². The van der Waals surface area contributed by atoms with Crippen molar-refractivity contribution in [3.8, 4) is 0 Å². The molecule has 2 aromatic rings. The van der Waals surface area contributed by atoms with Crippen LogP contribution in [0.2, 0.25) is 0 Å². The first-order chi connectivity index (χ1) is 15.9. The highest BCUT2D eigenvalue weighted by molar-refractivity contribution is 7.91. The third-order valence-corrected chi connectivity index (χ3v) is 9.80. The molecule has 0 bridgehead atoms. The number of aliphatic hydroxyl groups is 2. The number of thiophene rings is 1. The Labute approximate surface area is 201 Å². The van der Waals surface area contributed by atoms with E-state index in [0.717, 1.165) is 18.3 Å². The zero-order valence-corrected chi connectivity index (χ0v) is 20.3. The van der Waals surface area contributed by atoms with Gasteiger partial charge in [-0.15, -0.1) is 11.3 Å². The van der Waals surface area contributed by atoms with Crippen molar-refractivity contribution in [1.29, 1.82) is 0 Å². The number of anilines is 1. The van der Waals surface area contributed by atoms with Crippen LogP contribution in [-0.4, -0.2) is 85.4 Å². The predicted molar refractivity (Wildman–Crippen MR) is 123 cm³/mol. The van der Waals surface area contributed by atoms with Gasteiger partial charge in [-0.25, -0.2) is 8.42 Å².